The molecular formula is C9H16O3. The topological polar surface area (TPSA) is 38.8 Å². The number of carbonyl (C=O) groups excluding carboxylic acids is 1. The monoisotopic (exact) mass is 172 g/mol. The molecule has 0 radical (unpaired) electrons. The molecule has 0 aromatic carbocycles. The van der Waals surface area contributed by atoms with Crippen molar-refractivity contribution in [2.24, 2.45) is 0 Å². The first-order valence-corrected chi connectivity index (χ1v) is 4.48. The van der Waals surface area contributed by atoms with Gasteiger partial charge in [0.15, 0.2) is 6.10 Å². The van der Waals surface area contributed by atoms with E-state index >= 15 is 0 Å². The fourth-order valence-corrected chi connectivity index (χ4v) is 1.08. The number of ether oxygens (including phenoxy) is 2. The van der Waals surface area contributed by atoms with Crippen molar-refractivity contribution >= 4 is 5.97 Å². The lowest BCUT2D eigenvalue weighted by Crippen LogP contribution is -2.19. The molecule has 0 spiro atoms. The highest BCUT2D eigenvalue weighted by Crippen LogP contribution is 2.39. The van der Waals surface area contributed by atoms with Crippen molar-refractivity contribution in [3.63, 3.8) is 0 Å². The zero-order valence-corrected chi connectivity index (χ0v) is 7.92. The Morgan fingerprint density at radius 2 is 2.25 bits per heavy atom. The molecule has 2 atom stereocenters. The van der Waals surface area contributed by atoms with E-state index in [4.69, 9.17) is 9.47 Å². The summed E-state index contributed by atoms with van der Waals surface area (Å²) in [5.41, 5.74) is -0.245. The molecule has 0 aromatic rings. The van der Waals surface area contributed by atoms with Crippen LogP contribution in [0.1, 0.15) is 33.6 Å². The molecule has 0 N–H and O–H groups in total. The molecule has 1 fully saturated rings. The summed E-state index contributed by atoms with van der Waals surface area (Å²) in [4.78, 5) is 11.2. The molecule has 1 heterocycles. The van der Waals surface area contributed by atoms with Crippen LogP contribution < -0.4 is 0 Å². The predicted molar refractivity (Wildman–Crippen MR) is 44.8 cm³/mol. The second-order valence-corrected chi connectivity index (χ2v) is 3.33. The average Bonchev–Trinajstić information content (AvgIpc) is 2.75. The lowest BCUT2D eigenvalue weighted by molar-refractivity contribution is -0.145. The minimum absolute atomic E-state index is 0.207. The molecule has 3 nitrogen and oxygen atoms in total. The van der Waals surface area contributed by atoms with Gasteiger partial charge >= 0.3 is 5.97 Å². The first kappa shape index (κ1) is 9.52. The standard InChI is InChI=1S/C9H16O3/c1-4-6-11-8(10)7-9(3,5-2)12-7/h7H,4-6H2,1-3H3. The highest BCUT2D eigenvalue weighted by Gasteiger charge is 2.56. The van der Waals surface area contributed by atoms with Gasteiger partial charge in [-0.25, -0.2) is 4.79 Å². The quantitative estimate of drug-likeness (QED) is 0.476. The number of esters is 1. The Hall–Kier alpha value is -0.570. The van der Waals surface area contributed by atoms with Crippen LogP contribution in [0.5, 0.6) is 0 Å². The van der Waals surface area contributed by atoms with Crippen molar-refractivity contribution in [3.8, 4) is 0 Å². The molecule has 1 rings (SSSR count). The molecule has 0 aromatic heterocycles. The molecule has 1 aliphatic heterocycles. The second kappa shape index (κ2) is 3.44. The summed E-state index contributed by atoms with van der Waals surface area (Å²) in [7, 11) is 0. The summed E-state index contributed by atoms with van der Waals surface area (Å²) in [5.74, 6) is -0.207. The first-order valence-electron chi connectivity index (χ1n) is 4.48. The van der Waals surface area contributed by atoms with Gasteiger partial charge in [-0.1, -0.05) is 13.8 Å². The smallest absolute Gasteiger partial charge is 0.338 e. The Morgan fingerprint density at radius 1 is 1.58 bits per heavy atom. The van der Waals surface area contributed by atoms with E-state index in [1.165, 1.54) is 0 Å². The van der Waals surface area contributed by atoms with Crippen LogP contribution >= 0.6 is 0 Å². The molecule has 1 aliphatic rings. The molecule has 0 aliphatic carbocycles. The van der Waals surface area contributed by atoms with Gasteiger partial charge in [0.2, 0.25) is 0 Å². The van der Waals surface area contributed by atoms with E-state index in [1.54, 1.807) is 0 Å². The van der Waals surface area contributed by atoms with Gasteiger partial charge in [-0.05, 0) is 19.8 Å². The third-order valence-corrected chi connectivity index (χ3v) is 2.25. The Balaban J connectivity index is 2.28. The largest absolute Gasteiger partial charge is 0.464 e. The lowest BCUT2D eigenvalue weighted by atomic mass is 10.1. The van der Waals surface area contributed by atoms with Gasteiger partial charge in [0.1, 0.15) is 5.60 Å². The number of rotatable bonds is 4. The van der Waals surface area contributed by atoms with Gasteiger partial charge in [-0.2, -0.15) is 0 Å². The van der Waals surface area contributed by atoms with Gasteiger partial charge in [0, 0.05) is 0 Å². The van der Waals surface area contributed by atoms with E-state index in [0.29, 0.717) is 6.61 Å². The SMILES string of the molecule is CCCOC(=O)C1OC1(C)CC. The van der Waals surface area contributed by atoms with E-state index in [1.807, 2.05) is 20.8 Å². The summed E-state index contributed by atoms with van der Waals surface area (Å²) in [6.45, 7) is 6.41. The molecule has 0 saturated carbocycles. The minimum Gasteiger partial charge on any atom is -0.464 e. The zero-order valence-electron chi connectivity index (χ0n) is 7.92. The Kier molecular flexibility index (Phi) is 2.73. The highest BCUT2D eigenvalue weighted by atomic mass is 16.7. The van der Waals surface area contributed by atoms with Crippen molar-refractivity contribution in [1.82, 2.24) is 0 Å². The number of carbonyl (C=O) groups is 1. The number of epoxide rings is 1. The van der Waals surface area contributed by atoms with Gasteiger partial charge < -0.3 is 9.47 Å². The van der Waals surface area contributed by atoms with Crippen LogP contribution in [0.4, 0.5) is 0 Å². The van der Waals surface area contributed by atoms with E-state index in [2.05, 4.69) is 0 Å². The maximum absolute atomic E-state index is 11.2. The number of hydrogen-bond acceptors (Lipinski definition) is 3. The van der Waals surface area contributed by atoms with Crippen LogP contribution in [0.25, 0.3) is 0 Å². The van der Waals surface area contributed by atoms with Gasteiger partial charge in [0.25, 0.3) is 0 Å². The number of hydrogen-bond donors (Lipinski definition) is 0. The van der Waals surface area contributed by atoms with Crippen LogP contribution in [-0.4, -0.2) is 24.3 Å². The second-order valence-electron chi connectivity index (χ2n) is 3.33. The zero-order chi connectivity index (χ0) is 9.19. The van der Waals surface area contributed by atoms with Crippen molar-refractivity contribution in [2.45, 2.75) is 45.3 Å². The average molecular weight is 172 g/mol. The normalized spacial score (nSPS) is 33.1. The summed E-state index contributed by atoms with van der Waals surface area (Å²) in [6, 6.07) is 0. The van der Waals surface area contributed by atoms with Crippen LogP contribution in [0.3, 0.4) is 0 Å². The summed E-state index contributed by atoms with van der Waals surface area (Å²) < 4.78 is 10.2. The molecule has 70 valence electrons. The van der Waals surface area contributed by atoms with Crippen molar-refractivity contribution in [3.05, 3.63) is 0 Å². The van der Waals surface area contributed by atoms with Crippen LogP contribution in [0.15, 0.2) is 0 Å². The Labute approximate surface area is 73.0 Å². The molecular weight excluding hydrogens is 156 g/mol. The van der Waals surface area contributed by atoms with Crippen molar-refractivity contribution in [1.29, 1.82) is 0 Å². The van der Waals surface area contributed by atoms with E-state index in [-0.39, 0.29) is 17.7 Å². The minimum atomic E-state index is -0.311. The maximum Gasteiger partial charge on any atom is 0.338 e. The molecule has 2 unspecified atom stereocenters. The molecule has 12 heavy (non-hydrogen) atoms. The van der Waals surface area contributed by atoms with Crippen molar-refractivity contribution < 1.29 is 14.3 Å². The third-order valence-electron chi connectivity index (χ3n) is 2.25. The Morgan fingerprint density at radius 3 is 2.67 bits per heavy atom. The van der Waals surface area contributed by atoms with E-state index in [0.717, 1.165) is 12.8 Å². The van der Waals surface area contributed by atoms with Crippen LogP contribution in [0, 0.1) is 0 Å². The third kappa shape index (κ3) is 1.78. The fraction of sp³-hybridized carbons (Fsp3) is 0.889. The van der Waals surface area contributed by atoms with Crippen molar-refractivity contribution in [2.75, 3.05) is 6.61 Å². The fourth-order valence-electron chi connectivity index (χ4n) is 1.08. The summed E-state index contributed by atoms with van der Waals surface area (Å²) in [5, 5.41) is 0. The first-order chi connectivity index (χ1) is 5.64. The molecule has 1 saturated heterocycles. The van der Waals surface area contributed by atoms with Crippen LogP contribution in [0.2, 0.25) is 0 Å². The Bertz CT molecular complexity index is 179. The summed E-state index contributed by atoms with van der Waals surface area (Å²) in [6.07, 6.45) is 1.41. The lowest BCUT2D eigenvalue weighted by Gasteiger charge is -2.01. The van der Waals surface area contributed by atoms with Gasteiger partial charge in [-0.15, -0.1) is 0 Å². The van der Waals surface area contributed by atoms with E-state index in [9.17, 15) is 4.79 Å². The van der Waals surface area contributed by atoms with Crippen LogP contribution in [-0.2, 0) is 14.3 Å². The molecule has 0 amide bonds. The highest BCUT2D eigenvalue weighted by molar-refractivity contribution is 5.79. The maximum atomic E-state index is 11.2. The molecule has 0 bridgehead atoms. The molecule has 3 heteroatoms. The van der Waals surface area contributed by atoms with Gasteiger partial charge in [0.05, 0.1) is 6.61 Å². The van der Waals surface area contributed by atoms with E-state index < -0.39 is 0 Å². The van der Waals surface area contributed by atoms with Gasteiger partial charge in [-0.3, -0.25) is 0 Å². The summed E-state index contributed by atoms with van der Waals surface area (Å²) >= 11 is 0. The predicted octanol–water partition coefficient (Wildman–Crippen LogP) is 1.51.